The molecule has 0 N–H and O–H groups in total. The summed E-state index contributed by atoms with van der Waals surface area (Å²) in [6, 6.07) is 30.9. The number of thiazole rings is 1. The van der Waals surface area contributed by atoms with Crippen molar-refractivity contribution in [1.82, 2.24) is 4.57 Å². The molecule has 0 aliphatic carbocycles. The fourth-order valence-corrected chi connectivity index (χ4v) is 6.17. The smallest absolute Gasteiger partial charge is 0.338 e. The van der Waals surface area contributed by atoms with E-state index in [0.29, 0.717) is 27.2 Å². The number of benzene rings is 4. The highest BCUT2D eigenvalue weighted by Crippen LogP contribution is 2.34. The van der Waals surface area contributed by atoms with Gasteiger partial charge in [0.05, 0.1) is 28.5 Å². The van der Waals surface area contributed by atoms with Crippen molar-refractivity contribution in [3.8, 4) is 5.75 Å². The predicted molar refractivity (Wildman–Crippen MR) is 162 cm³/mol. The second-order valence-corrected chi connectivity index (χ2v) is 10.7. The zero-order chi connectivity index (χ0) is 28.3. The number of fused-ring (bicyclic) bond motifs is 2. The summed E-state index contributed by atoms with van der Waals surface area (Å²) in [6.45, 7) is 4.28. The minimum Gasteiger partial charge on any atom is -0.489 e. The van der Waals surface area contributed by atoms with Crippen LogP contribution < -0.4 is 19.6 Å². The van der Waals surface area contributed by atoms with Crippen LogP contribution in [0.5, 0.6) is 5.75 Å². The Hall–Kier alpha value is -4.75. The molecular weight excluding hydrogens is 532 g/mol. The Kier molecular flexibility index (Phi) is 7.35. The predicted octanol–water partition coefficient (Wildman–Crippen LogP) is 5.53. The van der Waals surface area contributed by atoms with Gasteiger partial charge in [0.15, 0.2) is 4.80 Å². The maximum Gasteiger partial charge on any atom is 0.338 e. The average Bonchev–Trinajstić information content (AvgIpc) is 3.30. The minimum atomic E-state index is -0.660. The van der Waals surface area contributed by atoms with Crippen LogP contribution in [-0.2, 0) is 16.1 Å². The number of hydrogen-bond acceptors (Lipinski definition) is 6. The van der Waals surface area contributed by atoms with Crippen LogP contribution in [0.2, 0.25) is 0 Å². The maximum absolute atomic E-state index is 14.0. The van der Waals surface area contributed by atoms with Gasteiger partial charge >= 0.3 is 5.97 Å². The van der Waals surface area contributed by atoms with Crippen molar-refractivity contribution in [3.05, 3.63) is 145 Å². The van der Waals surface area contributed by atoms with Crippen LogP contribution in [-0.4, -0.2) is 17.1 Å². The number of allylic oxidation sites excluding steroid dienone is 1. The number of rotatable bonds is 7. The van der Waals surface area contributed by atoms with E-state index in [4.69, 9.17) is 14.5 Å². The van der Waals surface area contributed by atoms with E-state index in [1.807, 2.05) is 103 Å². The third kappa shape index (κ3) is 5.24. The van der Waals surface area contributed by atoms with Crippen LogP contribution in [0.15, 0.2) is 118 Å². The molecule has 0 fully saturated rings. The molecule has 0 saturated heterocycles. The third-order valence-electron chi connectivity index (χ3n) is 7.06. The number of esters is 1. The molecule has 0 bridgehead atoms. The highest BCUT2D eigenvalue weighted by molar-refractivity contribution is 7.07. The van der Waals surface area contributed by atoms with Crippen LogP contribution in [0.3, 0.4) is 0 Å². The second-order valence-electron chi connectivity index (χ2n) is 9.71. The van der Waals surface area contributed by atoms with Gasteiger partial charge < -0.3 is 9.47 Å². The third-order valence-corrected chi connectivity index (χ3v) is 8.04. The van der Waals surface area contributed by atoms with Gasteiger partial charge in [-0.25, -0.2) is 9.79 Å². The summed E-state index contributed by atoms with van der Waals surface area (Å²) in [4.78, 5) is 32.5. The van der Waals surface area contributed by atoms with E-state index in [9.17, 15) is 9.59 Å². The molecule has 0 radical (unpaired) electrons. The van der Waals surface area contributed by atoms with Crippen molar-refractivity contribution >= 4 is 34.2 Å². The van der Waals surface area contributed by atoms with E-state index >= 15 is 0 Å². The Morgan fingerprint density at radius 1 is 0.951 bits per heavy atom. The fraction of sp³-hybridized carbons (Fsp3) is 0.147. The van der Waals surface area contributed by atoms with Gasteiger partial charge in [0, 0.05) is 0 Å². The quantitative estimate of drug-likeness (QED) is 0.246. The molecule has 1 aliphatic heterocycles. The maximum atomic E-state index is 14.0. The molecule has 7 heteroatoms. The van der Waals surface area contributed by atoms with E-state index in [0.717, 1.165) is 33.2 Å². The van der Waals surface area contributed by atoms with Gasteiger partial charge in [0.25, 0.3) is 5.56 Å². The SMILES string of the molecule is CCOC(=O)C1=C(C)N=c2s/c(=C\c3ccc(OCc4ccccc4)cc3)c(=O)n2[C@@H]1c1cccc2ccccc12. The zero-order valence-corrected chi connectivity index (χ0v) is 23.6. The largest absolute Gasteiger partial charge is 0.489 e. The Labute approximate surface area is 241 Å². The molecule has 1 aliphatic rings. The summed E-state index contributed by atoms with van der Waals surface area (Å²) < 4.78 is 13.5. The number of ether oxygens (including phenoxy) is 2. The number of nitrogens with zero attached hydrogens (tertiary/aromatic N) is 2. The van der Waals surface area contributed by atoms with Crippen molar-refractivity contribution in [3.63, 3.8) is 0 Å². The molecule has 0 unspecified atom stereocenters. The highest BCUT2D eigenvalue weighted by atomic mass is 32.1. The number of aromatic nitrogens is 1. The standard InChI is InChI=1S/C34H28N2O4S/c1-3-39-33(38)30-22(2)35-34-36(31(30)28-15-9-13-25-12-7-8-14-27(25)28)32(37)29(41-34)20-23-16-18-26(19-17-23)40-21-24-10-5-4-6-11-24/h4-20,31H,3,21H2,1-2H3/b29-20-/t31-/m1/s1. The van der Waals surface area contributed by atoms with Gasteiger partial charge in [-0.2, -0.15) is 0 Å². The molecule has 41 heavy (non-hydrogen) atoms. The van der Waals surface area contributed by atoms with E-state index < -0.39 is 12.0 Å². The van der Waals surface area contributed by atoms with Crippen molar-refractivity contribution in [2.24, 2.45) is 4.99 Å². The summed E-state index contributed by atoms with van der Waals surface area (Å²) in [5.74, 6) is 0.283. The van der Waals surface area contributed by atoms with Gasteiger partial charge in [-0.05, 0) is 59.5 Å². The average molecular weight is 561 g/mol. The van der Waals surface area contributed by atoms with Gasteiger partial charge in [-0.1, -0.05) is 96.3 Å². The topological polar surface area (TPSA) is 69.9 Å². The lowest BCUT2D eigenvalue weighted by Gasteiger charge is -2.25. The van der Waals surface area contributed by atoms with Crippen molar-refractivity contribution in [1.29, 1.82) is 0 Å². The summed E-state index contributed by atoms with van der Waals surface area (Å²) in [6.07, 6.45) is 1.86. The molecule has 1 aromatic heterocycles. The fourth-order valence-electron chi connectivity index (χ4n) is 5.13. The first-order valence-corrected chi connectivity index (χ1v) is 14.3. The molecule has 204 valence electrons. The molecule has 0 amide bonds. The van der Waals surface area contributed by atoms with Gasteiger partial charge in [-0.15, -0.1) is 0 Å². The van der Waals surface area contributed by atoms with Crippen LogP contribution in [0, 0.1) is 0 Å². The minimum absolute atomic E-state index is 0.203. The van der Waals surface area contributed by atoms with E-state index in [2.05, 4.69) is 0 Å². The Balaban J connectivity index is 1.41. The molecule has 0 spiro atoms. The number of hydrogen-bond donors (Lipinski definition) is 0. The van der Waals surface area contributed by atoms with Gasteiger partial charge in [0.1, 0.15) is 12.4 Å². The van der Waals surface area contributed by atoms with Gasteiger partial charge in [-0.3, -0.25) is 9.36 Å². The van der Waals surface area contributed by atoms with Crippen LogP contribution in [0.1, 0.15) is 36.6 Å². The van der Waals surface area contributed by atoms with E-state index in [-0.39, 0.29) is 12.2 Å². The van der Waals surface area contributed by atoms with Crippen molar-refractivity contribution < 1.29 is 14.3 Å². The molecule has 6 rings (SSSR count). The number of carbonyl (C=O) groups is 1. The summed E-state index contributed by atoms with van der Waals surface area (Å²) >= 11 is 1.31. The summed E-state index contributed by atoms with van der Waals surface area (Å²) in [7, 11) is 0. The van der Waals surface area contributed by atoms with Crippen LogP contribution >= 0.6 is 11.3 Å². The second kappa shape index (κ2) is 11.4. The molecule has 1 atom stereocenters. The van der Waals surface area contributed by atoms with E-state index in [1.54, 1.807) is 18.4 Å². The molecular formula is C34H28N2O4S. The van der Waals surface area contributed by atoms with Crippen LogP contribution in [0.25, 0.3) is 16.8 Å². The molecule has 6 nitrogen and oxygen atoms in total. The molecule has 5 aromatic rings. The molecule has 0 saturated carbocycles. The first kappa shape index (κ1) is 26.5. The Bertz CT molecular complexity index is 1950. The lowest BCUT2D eigenvalue weighted by Crippen LogP contribution is -2.40. The normalized spacial score (nSPS) is 15.0. The van der Waals surface area contributed by atoms with Crippen molar-refractivity contribution in [2.75, 3.05) is 6.61 Å². The first-order valence-electron chi connectivity index (χ1n) is 13.5. The van der Waals surface area contributed by atoms with Crippen molar-refractivity contribution in [2.45, 2.75) is 26.5 Å². The highest BCUT2D eigenvalue weighted by Gasteiger charge is 2.34. The monoisotopic (exact) mass is 560 g/mol. The summed E-state index contributed by atoms with van der Waals surface area (Å²) in [5, 5.41) is 2.00. The van der Waals surface area contributed by atoms with Gasteiger partial charge in [0.2, 0.25) is 0 Å². The molecule has 2 heterocycles. The Morgan fingerprint density at radius 2 is 1.68 bits per heavy atom. The Morgan fingerprint density at radius 3 is 2.46 bits per heavy atom. The van der Waals surface area contributed by atoms with Crippen LogP contribution in [0.4, 0.5) is 0 Å². The number of carbonyl (C=O) groups excluding carboxylic acids is 1. The zero-order valence-electron chi connectivity index (χ0n) is 22.7. The lowest BCUT2D eigenvalue weighted by atomic mass is 9.91. The summed E-state index contributed by atoms with van der Waals surface area (Å²) in [5.41, 5.74) is 3.54. The molecule has 4 aromatic carbocycles. The van der Waals surface area contributed by atoms with E-state index in [1.165, 1.54) is 11.3 Å². The first-order chi connectivity index (χ1) is 20.0. The lowest BCUT2D eigenvalue weighted by molar-refractivity contribution is -0.139.